The van der Waals surface area contributed by atoms with Crippen LogP contribution in [0.5, 0.6) is 11.5 Å². The summed E-state index contributed by atoms with van der Waals surface area (Å²) in [4.78, 5) is 25.7. The number of amides is 2. The van der Waals surface area contributed by atoms with Crippen LogP contribution in [0.15, 0.2) is 84.4 Å². The molecule has 0 spiro atoms. The standard InChI is InChI=1S/C25H24N2O4/c1-31-23-13-12-20(15-22(23)28)14-21(24(29)26-16-18-8-4-2-5-9-18)25(30)27-17-19-10-6-3-7-11-19/h2-15,28H,16-17H2,1H3,(H,26,29)(H,27,30). The molecule has 31 heavy (non-hydrogen) atoms. The lowest BCUT2D eigenvalue weighted by molar-refractivity contribution is -0.123. The minimum absolute atomic E-state index is 0.0589. The molecular weight excluding hydrogens is 392 g/mol. The zero-order valence-corrected chi connectivity index (χ0v) is 17.2. The highest BCUT2D eigenvalue weighted by molar-refractivity contribution is 6.21. The van der Waals surface area contributed by atoms with Crippen LogP contribution in [0.2, 0.25) is 0 Å². The van der Waals surface area contributed by atoms with Crippen molar-refractivity contribution >= 4 is 17.9 Å². The molecule has 0 aliphatic heterocycles. The molecule has 3 rings (SSSR count). The molecule has 0 aliphatic rings. The number of aromatic hydroxyl groups is 1. The summed E-state index contributed by atoms with van der Waals surface area (Å²) >= 11 is 0. The van der Waals surface area contributed by atoms with Crippen molar-refractivity contribution in [2.24, 2.45) is 0 Å². The number of phenolic OH excluding ortho intramolecular Hbond substituents is 1. The zero-order chi connectivity index (χ0) is 22.1. The predicted molar refractivity (Wildman–Crippen MR) is 119 cm³/mol. The van der Waals surface area contributed by atoms with E-state index in [0.29, 0.717) is 11.3 Å². The SMILES string of the molecule is COc1ccc(C=C(C(=O)NCc2ccccc2)C(=O)NCc2ccccc2)cc1O. The summed E-state index contributed by atoms with van der Waals surface area (Å²) in [5, 5.41) is 15.6. The molecule has 0 fully saturated rings. The number of carbonyl (C=O) groups is 2. The Morgan fingerprint density at radius 3 is 1.81 bits per heavy atom. The molecule has 158 valence electrons. The number of carbonyl (C=O) groups excluding carboxylic acids is 2. The summed E-state index contributed by atoms with van der Waals surface area (Å²) in [6, 6.07) is 23.5. The monoisotopic (exact) mass is 416 g/mol. The Balaban J connectivity index is 1.80. The van der Waals surface area contributed by atoms with E-state index < -0.39 is 11.8 Å². The number of rotatable bonds is 8. The summed E-state index contributed by atoms with van der Waals surface area (Å²) in [7, 11) is 1.45. The van der Waals surface area contributed by atoms with Crippen molar-refractivity contribution in [3.05, 3.63) is 101 Å². The number of methoxy groups -OCH3 is 1. The van der Waals surface area contributed by atoms with Crippen molar-refractivity contribution in [1.29, 1.82) is 0 Å². The smallest absolute Gasteiger partial charge is 0.257 e. The van der Waals surface area contributed by atoms with Gasteiger partial charge in [0, 0.05) is 13.1 Å². The number of hydrogen-bond acceptors (Lipinski definition) is 4. The van der Waals surface area contributed by atoms with Gasteiger partial charge in [0.15, 0.2) is 11.5 Å². The molecule has 3 aromatic carbocycles. The van der Waals surface area contributed by atoms with Gasteiger partial charge in [-0.3, -0.25) is 9.59 Å². The fourth-order valence-corrected chi connectivity index (χ4v) is 2.94. The first-order valence-electron chi connectivity index (χ1n) is 9.80. The molecule has 6 nitrogen and oxygen atoms in total. The Morgan fingerprint density at radius 2 is 1.35 bits per heavy atom. The van der Waals surface area contributed by atoms with Gasteiger partial charge in [-0.1, -0.05) is 66.7 Å². The molecular formula is C25H24N2O4. The fourth-order valence-electron chi connectivity index (χ4n) is 2.94. The Morgan fingerprint density at radius 1 is 0.839 bits per heavy atom. The van der Waals surface area contributed by atoms with E-state index in [0.717, 1.165) is 11.1 Å². The third-order valence-corrected chi connectivity index (χ3v) is 4.59. The number of benzene rings is 3. The lowest BCUT2D eigenvalue weighted by atomic mass is 10.1. The minimum Gasteiger partial charge on any atom is -0.504 e. The van der Waals surface area contributed by atoms with Crippen LogP contribution in [-0.2, 0) is 22.7 Å². The van der Waals surface area contributed by atoms with E-state index in [-0.39, 0.29) is 24.4 Å². The number of hydrogen-bond donors (Lipinski definition) is 3. The maximum atomic E-state index is 12.9. The van der Waals surface area contributed by atoms with Crippen molar-refractivity contribution in [3.8, 4) is 11.5 Å². The molecule has 0 atom stereocenters. The van der Waals surface area contributed by atoms with Gasteiger partial charge in [0.1, 0.15) is 5.57 Å². The molecule has 3 N–H and O–H groups in total. The topological polar surface area (TPSA) is 87.7 Å². The van der Waals surface area contributed by atoms with Gasteiger partial charge in [-0.25, -0.2) is 0 Å². The van der Waals surface area contributed by atoms with Gasteiger partial charge < -0.3 is 20.5 Å². The average molecular weight is 416 g/mol. The Bertz CT molecular complexity index is 1010. The number of nitrogens with one attached hydrogen (secondary N) is 2. The second-order valence-corrected chi connectivity index (χ2v) is 6.83. The third-order valence-electron chi connectivity index (χ3n) is 4.59. The van der Waals surface area contributed by atoms with Crippen LogP contribution in [0.4, 0.5) is 0 Å². The third kappa shape index (κ3) is 6.21. The van der Waals surface area contributed by atoms with Gasteiger partial charge in [-0.15, -0.1) is 0 Å². The number of ether oxygens (including phenoxy) is 1. The zero-order valence-electron chi connectivity index (χ0n) is 17.2. The van der Waals surface area contributed by atoms with Crippen LogP contribution < -0.4 is 15.4 Å². The van der Waals surface area contributed by atoms with Crippen molar-refractivity contribution < 1.29 is 19.4 Å². The van der Waals surface area contributed by atoms with Gasteiger partial charge in [0.25, 0.3) is 11.8 Å². The van der Waals surface area contributed by atoms with E-state index in [9.17, 15) is 14.7 Å². The summed E-state index contributed by atoms with van der Waals surface area (Å²) in [6.45, 7) is 0.577. The Hall–Kier alpha value is -4.06. The predicted octanol–water partition coefficient (Wildman–Crippen LogP) is 3.42. The molecule has 0 bridgehead atoms. The van der Waals surface area contributed by atoms with Gasteiger partial charge in [0.2, 0.25) is 0 Å². The van der Waals surface area contributed by atoms with E-state index in [1.807, 2.05) is 60.7 Å². The van der Waals surface area contributed by atoms with Gasteiger partial charge in [-0.05, 0) is 34.9 Å². The van der Waals surface area contributed by atoms with E-state index in [2.05, 4.69) is 10.6 Å². The van der Waals surface area contributed by atoms with Gasteiger partial charge in [-0.2, -0.15) is 0 Å². The molecule has 0 unspecified atom stereocenters. The average Bonchev–Trinajstić information content (AvgIpc) is 2.81. The van der Waals surface area contributed by atoms with Crippen molar-refractivity contribution in [1.82, 2.24) is 10.6 Å². The van der Waals surface area contributed by atoms with Gasteiger partial charge >= 0.3 is 0 Å². The van der Waals surface area contributed by atoms with E-state index in [1.54, 1.807) is 12.1 Å². The van der Waals surface area contributed by atoms with E-state index in [4.69, 9.17) is 4.74 Å². The molecule has 0 saturated carbocycles. The quantitative estimate of drug-likeness (QED) is 0.298. The van der Waals surface area contributed by atoms with Crippen LogP contribution in [0.3, 0.4) is 0 Å². The van der Waals surface area contributed by atoms with Crippen molar-refractivity contribution in [3.63, 3.8) is 0 Å². The summed E-state index contributed by atoms with van der Waals surface area (Å²) in [6.07, 6.45) is 1.44. The largest absolute Gasteiger partial charge is 0.504 e. The van der Waals surface area contributed by atoms with E-state index in [1.165, 1.54) is 19.3 Å². The highest BCUT2D eigenvalue weighted by atomic mass is 16.5. The molecule has 2 amide bonds. The molecule has 6 heteroatoms. The van der Waals surface area contributed by atoms with Crippen LogP contribution in [0.25, 0.3) is 6.08 Å². The minimum atomic E-state index is -0.510. The van der Waals surface area contributed by atoms with Crippen LogP contribution in [-0.4, -0.2) is 24.0 Å². The van der Waals surface area contributed by atoms with Crippen LogP contribution in [0, 0.1) is 0 Å². The Labute approximate surface area is 181 Å². The molecule has 0 radical (unpaired) electrons. The fraction of sp³-hybridized carbons (Fsp3) is 0.120. The van der Waals surface area contributed by atoms with Crippen molar-refractivity contribution in [2.75, 3.05) is 7.11 Å². The lowest BCUT2D eigenvalue weighted by Crippen LogP contribution is -2.34. The summed E-state index contributed by atoms with van der Waals surface area (Å²) < 4.78 is 5.05. The second kappa shape index (κ2) is 10.6. The molecule has 0 aromatic heterocycles. The van der Waals surface area contributed by atoms with Gasteiger partial charge in [0.05, 0.1) is 7.11 Å². The maximum Gasteiger partial charge on any atom is 0.257 e. The molecule has 3 aromatic rings. The highest BCUT2D eigenvalue weighted by Gasteiger charge is 2.18. The van der Waals surface area contributed by atoms with Crippen molar-refractivity contribution in [2.45, 2.75) is 13.1 Å². The first-order chi connectivity index (χ1) is 15.1. The molecule has 0 aliphatic carbocycles. The lowest BCUT2D eigenvalue weighted by Gasteiger charge is -2.11. The Kier molecular flexibility index (Phi) is 7.43. The highest BCUT2D eigenvalue weighted by Crippen LogP contribution is 2.27. The summed E-state index contributed by atoms with van der Waals surface area (Å²) in [5.74, 6) is -0.791. The number of phenols is 1. The first kappa shape index (κ1) is 21.6. The van der Waals surface area contributed by atoms with E-state index >= 15 is 0 Å². The molecule has 0 saturated heterocycles. The van der Waals surface area contributed by atoms with Crippen LogP contribution in [0.1, 0.15) is 16.7 Å². The van der Waals surface area contributed by atoms with Crippen LogP contribution >= 0.6 is 0 Å². The normalized spacial score (nSPS) is 10.1. The second-order valence-electron chi connectivity index (χ2n) is 6.83. The summed E-state index contributed by atoms with van der Waals surface area (Å²) in [5.41, 5.74) is 2.28. The molecule has 0 heterocycles. The first-order valence-corrected chi connectivity index (χ1v) is 9.80. The maximum absolute atomic E-state index is 12.9.